The van der Waals surface area contributed by atoms with E-state index in [0.717, 1.165) is 18.7 Å². The van der Waals surface area contributed by atoms with E-state index in [0.29, 0.717) is 12.5 Å². The number of anilines is 1. The molecule has 5 heteroatoms. The van der Waals surface area contributed by atoms with Gasteiger partial charge in [-0.05, 0) is 31.4 Å². The fourth-order valence-electron chi connectivity index (χ4n) is 2.73. The number of halogens is 3. The van der Waals surface area contributed by atoms with Gasteiger partial charge in [0.05, 0.1) is 6.54 Å². The highest BCUT2D eigenvalue weighted by Gasteiger charge is 2.31. The van der Waals surface area contributed by atoms with E-state index in [9.17, 15) is 13.2 Å². The number of piperidine rings is 1. The van der Waals surface area contributed by atoms with Gasteiger partial charge in [-0.15, -0.1) is 0 Å². The summed E-state index contributed by atoms with van der Waals surface area (Å²) in [4.78, 5) is 2.17. The third-order valence-electron chi connectivity index (χ3n) is 3.65. The Kier molecular flexibility index (Phi) is 4.58. The van der Waals surface area contributed by atoms with Crippen LogP contribution in [0.3, 0.4) is 0 Å². The number of hydrogen-bond acceptors (Lipinski definition) is 2. The molecule has 2 rings (SSSR count). The Labute approximate surface area is 118 Å². The molecule has 0 aromatic heterocycles. The number of nitrogens with one attached hydrogen (secondary N) is 1. The number of hydrogen-bond donors (Lipinski definition) is 1. The minimum Gasteiger partial charge on any atom is -0.370 e. The molecule has 112 valence electrons. The van der Waals surface area contributed by atoms with E-state index in [1.54, 1.807) is 0 Å². The summed E-state index contributed by atoms with van der Waals surface area (Å²) in [6.45, 7) is 4.72. The topological polar surface area (TPSA) is 15.3 Å². The molecule has 1 aliphatic rings. The van der Waals surface area contributed by atoms with Crippen molar-refractivity contribution < 1.29 is 13.2 Å². The molecule has 0 spiro atoms. The highest BCUT2D eigenvalue weighted by molar-refractivity contribution is 5.48. The summed E-state index contributed by atoms with van der Waals surface area (Å²) < 4.78 is 36.9. The van der Waals surface area contributed by atoms with Crippen molar-refractivity contribution >= 4 is 5.69 Å². The highest BCUT2D eigenvalue weighted by Crippen LogP contribution is 2.24. The Morgan fingerprint density at radius 1 is 1.20 bits per heavy atom. The predicted octanol–water partition coefficient (Wildman–Crippen LogP) is 3.36. The van der Waals surface area contributed by atoms with Crippen molar-refractivity contribution in [3.8, 4) is 0 Å². The molecular weight excluding hydrogens is 265 g/mol. The SMILES string of the molecule is Cc1ccc(N2CC(C)CC(NCC(F)(F)F)C2)cc1. The first-order valence-corrected chi connectivity index (χ1v) is 6.95. The molecule has 20 heavy (non-hydrogen) atoms. The molecule has 2 atom stereocenters. The van der Waals surface area contributed by atoms with Crippen LogP contribution >= 0.6 is 0 Å². The van der Waals surface area contributed by atoms with Crippen LogP contribution in [0.15, 0.2) is 24.3 Å². The van der Waals surface area contributed by atoms with E-state index in [2.05, 4.69) is 17.1 Å². The molecule has 0 saturated carbocycles. The Balaban J connectivity index is 1.99. The molecule has 1 N–H and O–H groups in total. The van der Waals surface area contributed by atoms with Crippen molar-refractivity contribution in [2.75, 3.05) is 24.5 Å². The monoisotopic (exact) mass is 286 g/mol. The molecule has 0 radical (unpaired) electrons. The van der Waals surface area contributed by atoms with Gasteiger partial charge in [0.1, 0.15) is 0 Å². The van der Waals surface area contributed by atoms with Crippen LogP contribution in [0, 0.1) is 12.8 Å². The smallest absolute Gasteiger partial charge is 0.370 e. The lowest BCUT2D eigenvalue weighted by molar-refractivity contribution is -0.126. The Hall–Kier alpha value is -1.23. The van der Waals surface area contributed by atoms with Gasteiger partial charge in [-0.2, -0.15) is 13.2 Å². The van der Waals surface area contributed by atoms with Gasteiger partial charge in [0.2, 0.25) is 0 Å². The summed E-state index contributed by atoms with van der Waals surface area (Å²) >= 11 is 0. The van der Waals surface area contributed by atoms with Gasteiger partial charge in [0.25, 0.3) is 0 Å². The Morgan fingerprint density at radius 3 is 2.45 bits per heavy atom. The van der Waals surface area contributed by atoms with E-state index in [-0.39, 0.29) is 6.04 Å². The van der Waals surface area contributed by atoms with Gasteiger partial charge in [0, 0.05) is 24.8 Å². The van der Waals surface area contributed by atoms with Gasteiger partial charge in [-0.25, -0.2) is 0 Å². The van der Waals surface area contributed by atoms with Crippen molar-refractivity contribution in [3.63, 3.8) is 0 Å². The summed E-state index contributed by atoms with van der Waals surface area (Å²) in [5.74, 6) is 0.385. The summed E-state index contributed by atoms with van der Waals surface area (Å²) in [6, 6.07) is 8.03. The van der Waals surface area contributed by atoms with Gasteiger partial charge >= 0.3 is 6.18 Å². The summed E-state index contributed by atoms with van der Waals surface area (Å²) in [5, 5.41) is 2.64. The summed E-state index contributed by atoms with van der Waals surface area (Å²) in [6.07, 6.45) is -3.35. The molecule has 0 bridgehead atoms. The molecule has 1 aromatic rings. The van der Waals surface area contributed by atoms with Crippen LogP contribution in [0.2, 0.25) is 0 Å². The molecule has 1 saturated heterocycles. The molecule has 0 aliphatic carbocycles. The van der Waals surface area contributed by atoms with Crippen LogP contribution in [0.25, 0.3) is 0 Å². The highest BCUT2D eigenvalue weighted by atomic mass is 19.4. The zero-order chi connectivity index (χ0) is 14.8. The minimum absolute atomic E-state index is 0.110. The summed E-state index contributed by atoms with van der Waals surface area (Å²) in [5.41, 5.74) is 2.27. The Bertz CT molecular complexity index is 428. The van der Waals surface area contributed by atoms with Crippen molar-refractivity contribution in [1.82, 2.24) is 5.32 Å². The maximum Gasteiger partial charge on any atom is 0.401 e. The molecule has 1 heterocycles. The van der Waals surface area contributed by atoms with E-state index in [1.807, 2.05) is 31.2 Å². The standard InChI is InChI=1S/C15H21F3N2/c1-11-3-5-14(6-4-11)20-8-12(2)7-13(9-20)19-10-15(16,17)18/h3-6,12-13,19H,7-10H2,1-2H3. The normalized spacial score (nSPS) is 23.9. The Morgan fingerprint density at radius 2 is 1.85 bits per heavy atom. The average Bonchev–Trinajstić information content (AvgIpc) is 2.36. The predicted molar refractivity (Wildman–Crippen MR) is 75.0 cm³/mol. The zero-order valence-corrected chi connectivity index (χ0v) is 11.9. The average molecular weight is 286 g/mol. The van der Waals surface area contributed by atoms with Crippen molar-refractivity contribution in [2.24, 2.45) is 5.92 Å². The quantitative estimate of drug-likeness (QED) is 0.916. The second-order valence-corrected chi connectivity index (χ2v) is 5.77. The lowest BCUT2D eigenvalue weighted by atomic mass is 9.95. The molecule has 0 amide bonds. The van der Waals surface area contributed by atoms with Crippen LogP contribution in [0.1, 0.15) is 18.9 Å². The summed E-state index contributed by atoms with van der Waals surface area (Å²) in [7, 11) is 0. The first kappa shape index (κ1) is 15.2. The number of rotatable bonds is 3. The van der Waals surface area contributed by atoms with Gasteiger partial charge in [-0.3, -0.25) is 0 Å². The first-order chi connectivity index (χ1) is 9.33. The largest absolute Gasteiger partial charge is 0.401 e. The minimum atomic E-state index is -4.14. The van der Waals surface area contributed by atoms with Crippen molar-refractivity contribution in [1.29, 1.82) is 0 Å². The van der Waals surface area contributed by atoms with Gasteiger partial charge < -0.3 is 10.2 Å². The number of aryl methyl sites for hydroxylation is 1. The lowest BCUT2D eigenvalue weighted by Gasteiger charge is -2.38. The fraction of sp³-hybridized carbons (Fsp3) is 0.600. The molecule has 2 unspecified atom stereocenters. The van der Waals surface area contributed by atoms with Crippen LogP contribution in [-0.2, 0) is 0 Å². The molecule has 2 nitrogen and oxygen atoms in total. The van der Waals surface area contributed by atoms with E-state index in [1.165, 1.54) is 5.56 Å². The van der Waals surface area contributed by atoms with E-state index < -0.39 is 12.7 Å². The maximum atomic E-state index is 12.3. The fourth-order valence-corrected chi connectivity index (χ4v) is 2.73. The van der Waals surface area contributed by atoms with Gasteiger partial charge in [0.15, 0.2) is 0 Å². The number of nitrogens with zero attached hydrogens (tertiary/aromatic N) is 1. The van der Waals surface area contributed by atoms with Crippen molar-refractivity contribution in [3.05, 3.63) is 29.8 Å². The second-order valence-electron chi connectivity index (χ2n) is 5.77. The molecular formula is C15H21F3N2. The third kappa shape index (κ3) is 4.40. The van der Waals surface area contributed by atoms with Gasteiger partial charge in [-0.1, -0.05) is 24.6 Å². The number of alkyl halides is 3. The third-order valence-corrected chi connectivity index (χ3v) is 3.65. The zero-order valence-electron chi connectivity index (χ0n) is 11.9. The lowest BCUT2D eigenvalue weighted by Crippen LogP contribution is -2.50. The first-order valence-electron chi connectivity index (χ1n) is 6.95. The molecule has 1 fully saturated rings. The second kappa shape index (κ2) is 6.04. The van der Waals surface area contributed by atoms with Crippen LogP contribution in [0.5, 0.6) is 0 Å². The van der Waals surface area contributed by atoms with Crippen molar-refractivity contribution in [2.45, 2.75) is 32.5 Å². The number of benzene rings is 1. The van der Waals surface area contributed by atoms with Crippen LogP contribution < -0.4 is 10.2 Å². The molecule has 1 aliphatic heterocycles. The van der Waals surface area contributed by atoms with Crippen LogP contribution in [0.4, 0.5) is 18.9 Å². The van der Waals surface area contributed by atoms with E-state index >= 15 is 0 Å². The molecule has 1 aromatic carbocycles. The van der Waals surface area contributed by atoms with E-state index in [4.69, 9.17) is 0 Å². The maximum absolute atomic E-state index is 12.3. The van der Waals surface area contributed by atoms with Crippen LogP contribution in [-0.4, -0.2) is 31.9 Å².